The number of hydrogen-bond donors (Lipinski definition) is 3. The Morgan fingerprint density at radius 3 is 1.53 bits per heavy atom. The Balaban J connectivity index is 1.98. The molecule has 3 heteroatoms. The third kappa shape index (κ3) is 8.69. The molecule has 0 aliphatic heterocycles. The van der Waals surface area contributed by atoms with Crippen molar-refractivity contribution in [3.05, 3.63) is 68.8 Å². The smallest absolute Gasteiger partial charge is 0.00734 e. The molecule has 4 N–H and O–H groups in total. The van der Waals surface area contributed by atoms with Crippen molar-refractivity contribution in [1.82, 2.24) is 10.6 Å². The fourth-order valence-corrected chi connectivity index (χ4v) is 5.07. The monoisotopic (exact) mass is 437 g/mol. The Hall–Kier alpha value is -1.68. The van der Waals surface area contributed by atoms with Crippen LogP contribution in [0.1, 0.15) is 70.2 Å². The van der Waals surface area contributed by atoms with Gasteiger partial charge >= 0.3 is 0 Å². The second kappa shape index (κ2) is 13.8. The van der Waals surface area contributed by atoms with Gasteiger partial charge in [-0.05, 0) is 140 Å². The molecule has 2 aromatic rings. The van der Waals surface area contributed by atoms with Crippen LogP contribution in [0.5, 0.6) is 0 Å². The van der Waals surface area contributed by atoms with Crippen LogP contribution in [-0.4, -0.2) is 32.2 Å². The number of nitrogens with one attached hydrogen (secondary N) is 2. The maximum absolute atomic E-state index is 5.58. The second-order valence-corrected chi connectivity index (χ2v) is 9.73. The van der Waals surface area contributed by atoms with Crippen LogP contribution in [0, 0.1) is 41.5 Å². The van der Waals surface area contributed by atoms with Gasteiger partial charge in [0.2, 0.25) is 0 Å². The molecule has 32 heavy (non-hydrogen) atoms. The van der Waals surface area contributed by atoms with E-state index in [1.165, 1.54) is 57.3 Å². The van der Waals surface area contributed by atoms with E-state index in [9.17, 15) is 0 Å². The molecule has 0 saturated heterocycles. The number of aryl methyl sites for hydroxylation is 6. The first-order chi connectivity index (χ1) is 15.3. The predicted molar refractivity (Wildman–Crippen MR) is 141 cm³/mol. The molecule has 0 aromatic heterocycles. The van der Waals surface area contributed by atoms with Gasteiger partial charge in [-0.15, -0.1) is 0 Å². The fraction of sp³-hybridized carbons (Fsp3) is 0.586. The van der Waals surface area contributed by atoms with Crippen LogP contribution in [0.2, 0.25) is 0 Å². The van der Waals surface area contributed by atoms with E-state index in [1.54, 1.807) is 0 Å². The Kier molecular flexibility index (Phi) is 11.4. The van der Waals surface area contributed by atoms with E-state index in [0.29, 0.717) is 6.04 Å². The quantitative estimate of drug-likeness (QED) is 0.347. The molecule has 0 saturated carbocycles. The van der Waals surface area contributed by atoms with E-state index in [2.05, 4.69) is 76.4 Å². The van der Waals surface area contributed by atoms with E-state index >= 15 is 0 Å². The van der Waals surface area contributed by atoms with E-state index < -0.39 is 0 Å². The molecular weight excluding hydrogens is 390 g/mol. The zero-order valence-corrected chi connectivity index (χ0v) is 21.5. The summed E-state index contributed by atoms with van der Waals surface area (Å²) in [6.07, 6.45) is 6.89. The minimum Gasteiger partial charge on any atom is -0.330 e. The van der Waals surface area contributed by atoms with Gasteiger partial charge in [0.15, 0.2) is 0 Å². The molecule has 0 amide bonds. The molecule has 0 aliphatic rings. The first-order valence-corrected chi connectivity index (χ1v) is 12.6. The number of hydrogen-bond acceptors (Lipinski definition) is 3. The molecule has 0 radical (unpaired) electrons. The Bertz CT molecular complexity index is 733. The Morgan fingerprint density at radius 2 is 1.09 bits per heavy atom. The van der Waals surface area contributed by atoms with Crippen LogP contribution in [0.4, 0.5) is 0 Å². The Labute approximate surface area is 197 Å². The summed E-state index contributed by atoms with van der Waals surface area (Å²) in [4.78, 5) is 0. The van der Waals surface area contributed by atoms with Crippen molar-refractivity contribution >= 4 is 0 Å². The highest BCUT2D eigenvalue weighted by atomic mass is 14.9. The van der Waals surface area contributed by atoms with Gasteiger partial charge in [-0.25, -0.2) is 0 Å². The lowest BCUT2D eigenvalue weighted by atomic mass is 9.91. The molecule has 0 spiro atoms. The standard InChI is InChI=1S/C29H47N3/c1-21-17-23(3)28(24(4)18-21)11-9-27(32-16-8-15-31-14-7-13-30)10-12-29-25(5)19-22(2)20-26(29)6/h17-20,27,31-32H,7-16,30H2,1-6H3. The van der Waals surface area contributed by atoms with Crippen molar-refractivity contribution in [3.63, 3.8) is 0 Å². The summed E-state index contributed by atoms with van der Waals surface area (Å²) in [5.74, 6) is 0. The van der Waals surface area contributed by atoms with Gasteiger partial charge in [0, 0.05) is 6.04 Å². The number of nitrogens with two attached hydrogens (primary N) is 1. The van der Waals surface area contributed by atoms with E-state index in [-0.39, 0.29) is 0 Å². The lowest BCUT2D eigenvalue weighted by molar-refractivity contribution is 0.443. The summed E-state index contributed by atoms with van der Waals surface area (Å²) in [5.41, 5.74) is 17.1. The Morgan fingerprint density at radius 1 is 0.656 bits per heavy atom. The molecule has 2 aromatic carbocycles. The summed E-state index contributed by atoms with van der Waals surface area (Å²) >= 11 is 0. The average molecular weight is 438 g/mol. The lowest BCUT2D eigenvalue weighted by Crippen LogP contribution is -2.33. The van der Waals surface area contributed by atoms with Crippen LogP contribution in [0.25, 0.3) is 0 Å². The molecule has 0 atom stereocenters. The number of benzene rings is 2. The van der Waals surface area contributed by atoms with Crippen LogP contribution >= 0.6 is 0 Å². The lowest BCUT2D eigenvalue weighted by Gasteiger charge is -2.22. The van der Waals surface area contributed by atoms with Crippen molar-refractivity contribution in [2.24, 2.45) is 5.73 Å². The van der Waals surface area contributed by atoms with Crippen LogP contribution in [0.15, 0.2) is 24.3 Å². The number of rotatable bonds is 14. The molecule has 0 aliphatic carbocycles. The highest BCUT2D eigenvalue weighted by Crippen LogP contribution is 2.22. The van der Waals surface area contributed by atoms with E-state index in [4.69, 9.17) is 5.73 Å². The van der Waals surface area contributed by atoms with Gasteiger partial charge in [-0.3, -0.25) is 0 Å². The van der Waals surface area contributed by atoms with Crippen LogP contribution in [-0.2, 0) is 12.8 Å². The zero-order valence-electron chi connectivity index (χ0n) is 21.5. The van der Waals surface area contributed by atoms with Crippen molar-refractivity contribution in [2.45, 2.75) is 86.1 Å². The van der Waals surface area contributed by atoms with Crippen LogP contribution < -0.4 is 16.4 Å². The molecule has 0 heterocycles. The van der Waals surface area contributed by atoms with Crippen molar-refractivity contribution in [2.75, 3.05) is 26.2 Å². The van der Waals surface area contributed by atoms with Gasteiger partial charge in [-0.2, -0.15) is 0 Å². The molecule has 0 bridgehead atoms. The summed E-state index contributed by atoms with van der Waals surface area (Å²) in [6.45, 7) is 17.4. The second-order valence-electron chi connectivity index (χ2n) is 9.73. The van der Waals surface area contributed by atoms with E-state index in [0.717, 1.165) is 51.9 Å². The fourth-order valence-electron chi connectivity index (χ4n) is 5.07. The SMILES string of the molecule is Cc1cc(C)c(CCC(CCc2c(C)cc(C)cc2C)NCCCNCCCN)c(C)c1. The molecule has 2 rings (SSSR count). The molecule has 178 valence electrons. The highest BCUT2D eigenvalue weighted by Gasteiger charge is 2.13. The van der Waals surface area contributed by atoms with Gasteiger partial charge < -0.3 is 16.4 Å². The minimum absolute atomic E-state index is 0.541. The first kappa shape index (κ1) is 26.6. The maximum Gasteiger partial charge on any atom is 0.00734 e. The maximum atomic E-state index is 5.58. The highest BCUT2D eigenvalue weighted by molar-refractivity contribution is 5.38. The van der Waals surface area contributed by atoms with E-state index in [1.807, 2.05) is 0 Å². The van der Waals surface area contributed by atoms with Crippen molar-refractivity contribution < 1.29 is 0 Å². The first-order valence-electron chi connectivity index (χ1n) is 12.6. The van der Waals surface area contributed by atoms with Gasteiger partial charge in [-0.1, -0.05) is 35.4 Å². The minimum atomic E-state index is 0.541. The third-order valence-corrected chi connectivity index (χ3v) is 6.69. The zero-order chi connectivity index (χ0) is 23.5. The third-order valence-electron chi connectivity index (χ3n) is 6.69. The van der Waals surface area contributed by atoms with Gasteiger partial charge in [0.1, 0.15) is 0 Å². The molecule has 3 nitrogen and oxygen atoms in total. The normalized spacial score (nSPS) is 11.5. The predicted octanol–water partition coefficient (Wildman–Crippen LogP) is 5.39. The van der Waals surface area contributed by atoms with Gasteiger partial charge in [0.25, 0.3) is 0 Å². The summed E-state index contributed by atoms with van der Waals surface area (Å²) in [5, 5.41) is 7.38. The van der Waals surface area contributed by atoms with Gasteiger partial charge in [0.05, 0.1) is 0 Å². The molecule has 0 unspecified atom stereocenters. The average Bonchev–Trinajstić information content (AvgIpc) is 2.70. The molecule has 0 fully saturated rings. The van der Waals surface area contributed by atoms with Crippen molar-refractivity contribution in [1.29, 1.82) is 0 Å². The summed E-state index contributed by atoms with van der Waals surface area (Å²) < 4.78 is 0. The van der Waals surface area contributed by atoms with Crippen molar-refractivity contribution in [3.8, 4) is 0 Å². The summed E-state index contributed by atoms with van der Waals surface area (Å²) in [7, 11) is 0. The largest absolute Gasteiger partial charge is 0.330 e. The van der Waals surface area contributed by atoms with Crippen LogP contribution in [0.3, 0.4) is 0 Å². The topological polar surface area (TPSA) is 50.1 Å². The summed E-state index contributed by atoms with van der Waals surface area (Å²) in [6, 6.07) is 9.86. The molecular formula is C29H47N3.